The van der Waals surface area contributed by atoms with E-state index >= 15 is 0 Å². The second-order valence-corrected chi connectivity index (χ2v) is 7.84. The van der Waals surface area contributed by atoms with Crippen molar-refractivity contribution in [2.75, 3.05) is 26.2 Å². The maximum Gasteiger partial charge on any atom is 0.417 e. The molecule has 0 bridgehead atoms. The molecule has 0 saturated carbocycles. The summed E-state index contributed by atoms with van der Waals surface area (Å²) in [5, 5.41) is 0. The molecule has 1 saturated heterocycles. The zero-order valence-electron chi connectivity index (χ0n) is 17.9. The van der Waals surface area contributed by atoms with E-state index in [0.29, 0.717) is 11.4 Å². The van der Waals surface area contributed by atoms with Gasteiger partial charge in [-0.2, -0.15) is 13.2 Å². The van der Waals surface area contributed by atoms with E-state index in [2.05, 4.69) is 9.97 Å². The molecule has 172 valence electrons. The van der Waals surface area contributed by atoms with Gasteiger partial charge in [-0.05, 0) is 32.0 Å². The van der Waals surface area contributed by atoms with Crippen molar-refractivity contribution in [3.63, 3.8) is 0 Å². The van der Waals surface area contributed by atoms with Crippen molar-refractivity contribution in [1.82, 2.24) is 19.8 Å². The van der Waals surface area contributed by atoms with Crippen molar-refractivity contribution in [2.45, 2.75) is 20.0 Å². The number of nitrogens with zero attached hydrogens (tertiary/aromatic N) is 4. The van der Waals surface area contributed by atoms with Gasteiger partial charge in [0.1, 0.15) is 11.3 Å². The van der Waals surface area contributed by atoms with Gasteiger partial charge in [0.2, 0.25) is 0 Å². The fourth-order valence-corrected chi connectivity index (χ4v) is 3.83. The van der Waals surface area contributed by atoms with Crippen LogP contribution in [0.4, 0.5) is 17.6 Å². The first-order valence-electron chi connectivity index (χ1n) is 10.3. The fourth-order valence-electron chi connectivity index (χ4n) is 3.83. The van der Waals surface area contributed by atoms with Gasteiger partial charge in [0.25, 0.3) is 11.8 Å². The van der Waals surface area contributed by atoms with Gasteiger partial charge in [0.05, 0.1) is 33.6 Å². The Kier molecular flexibility index (Phi) is 5.77. The maximum absolute atomic E-state index is 14.2. The lowest BCUT2D eigenvalue weighted by Crippen LogP contribution is -2.50. The maximum atomic E-state index is 14.2. The number of rotatable bonds is 2. The van der Waals surface area contributed by atoms with E-state index < -0.39 is 34.9 Å². The van der Waals surface area contributed by atoms with Crippen LogP contribution in [0, 0.1) is 19.7 Å². The quantitative estimate of drug-likeness (QED) is 0.543. The van der Waals surface area contributed by atoms with Crippen LogP contribution in [0.3, 0.4) is 0 Å². The molecule has 1 aromatic heterocycles. The average Bonchev–Trinajstić information content (AvgIpc) is 2.78. The molecule has 0 N–H and O–H groups in total. The third-order valence-electron chi connectivity index (χ3n) is 5.69. The minimum absolute atomic E-state index is 0.0494. The third kappa shape index (κ3) is 4.37. The number of alkyl halides is 3. The number of fused-ring (bicyclic) bond motifs is 1. The number of halogens is 4. The summed E-state index contributed by atoms with van der Waals surface area (Å²) < 4.78 is 54.0. The highest BCUT2D eigenvalue weighted by molar-refractivity contribution is 6.05. The highest BCUT2D eigenvalue weighted by Gasteiger charge is 2.36. The Morgan fingerprint density at radius 1 is 0.848 bits per heavy atom. The van der Waals surface area contributed by atoms with Gasteiger partial charge in [-0.3, -0.25) is 9.59 Å². The largest absolute Gasteiger partial charge is 0.417 e. The Balaban J connectivity index is 1.54. The standard InChI is InChI=1S/C23H20F4N4O2/c1-13-14(2)29-20-17(11-15(24)12-19(20)28-13)22(33)31-9-7-30(8-10-31)21(32)16-5-3-4-6-18(16)23(25,26)27/h3-6,11-12H,7-10H2,1-2H3. The van der Waals surface area contributed by atoms with Crippen LogP contribution < -0.4 is 0 Å². The molecule has 0 spiro atoms. The predicted molar refractivity (Wildman–Crippen MR) is 112 cm³/mol. The van der Waals surface area contributed by atoms with Crippen LogP contribution in [0.2, 0.25) is 0 Å². The number of piperazine rings is 1. The van der Waals surface area contributed by atoms with Crippen LogP contribution in [-0.4, -0.2) is 57.8 Å². The number of aryl methyl sites for hydroxylation is 2. The fraction of sp³-hybridized carbons (Fsp3) is 0.304. The summed E-state index contributed by atoms with van der Waals surface area (Å²) in [4.78, 5) is 37.3. The van der Waals surface area contributed by atoms with Crippen molar-refractivity contribution in [2.24, 2.45) is 0 Å². The number of benzene rings is 2. The summed E-state index contributed by atoms with van der Waals surface area (Å²) >= 11 is 0. The van der Waals surface area contributed by atoms with Crippen molar-refractivity contribution >= 4 is 22.8 Å². The molecule has 1 aliphatic heterocycles. The van der Waals surface area contributed by atoms with Gasteiger partial charge >= 0.3 is 6.18 Å². The second-order valence-electron chi connectivity index (χ2n) is 7.84. The van der Waals surface area contributed by atoms with Crippen molar-refractivity contribution in [1.29, 1.82) is 0 Å². The lowest BCUT2D eigenvalue weighted by atomic mass is 10.1. The molecular weight excluding hydrogens is 440 g/mol. The van der Waals surface area contributed by atoms with E-state index in [1.165, 1.54) is 28.0 Å². The van der Waals surface area contributed by atoms with Crippen LogP contribution in [0.15, 0.2) is 36.4 Å². The molecule has 2 amide bonds. The van der Waals surface area contributed by atoms with Crippen LogP contribution in [0.5, 0.6) is 0 Å². The summed E-state index contributed by atoms with van der Waals surface area (Å²) in [6.07, 6.45) is -4.65. The Morgan fingerprint density at radius 3 is 2.00 bits per heavy atom. The molecular formula is C23H20F4N4O2. The summed E-state index contributed by atoms with van der Waals surface area (Å²) in [7, 11) is 0. The molecule has 6 nitrogen and oxygen atoms in total. The van der Waals surface area contributed by atoms with E-state index in [-0.39, 0.29) is 42.8 Å². The van der Waals surface area contributed by atoms with Gasteiger partial charge in [0.15, 0.2) is 0 Å². The normalized spacial score (nSPS) is 14.6. The summed E-state index contributed by atoms with van der Waals surface area (Å²) in [6, 6.07) is 6.93. The van der Waals surface area contributed by atoms with E-state index in [9.17, 15) is 27.2 Å². The lowest BCUT2D eigenvalue weighted by molar-refractivity contribution is -0.138. The smallest absolute Gasteiger partial charge is 0.335 e. The number of carbonyl (C=O) groups excluding carboxylic acids is 2. The summed E-state index contributed by atoms with van der Waals surface area (Å²) in [6.45, 7) is 3.76. The highest BCUT2D eigenvalue weighted by atomic mass is 19.4. The van der Waals surface area contributed by atoms with E-state index in [4.69, 9.17) is 0 Å². The van der Waals surface area contributed by atoms with E-state index in [0.717, 1.165) is 18.2 Å². The van der Waals surface area contributed by atoms with Crippen LogP contribution >= 0.6 is 0 Å². The van der Waals surface area contributed by atoms with Crippen LogP contribution in [0.25, 0.3) is 11.0 Å². The third-order valence-corrected chi connectivity index (χ3v) is 5.69. The number of hydrogen-bond acceptors (Lipinski definition) is 4. The predicted octanol–water partition coefficient (Wildman–Crippen LogP) is 4.00. The molecule has 0 atom stereocenters. The minimum atomic E-state index is -4.65. The Hall–Kier alpha value is -3.56. The lowest BCUT2D eigenvalue weighted by Gasteiger charge is -2.35. The van der Waals surface area contributed by atoms with Crippen molar-refractivity contribution in [3.8, 4) is 0 Å². The van der Waals surface area contributed by atoms with Crippen molar-refractivity contribution < 1.29 is 27.2 Å². The van der Waals surface area contributed by atoms with Crippen LogP contribution in [-0.2, 0) is 6.18 Å². The average molecular weight is 460 g/mol. The monoisotopic (exact) mass is 460 g/mol. The molecule has 4 rings (SSSR count). The zero-order chi connectivity index (χ0) is 23.9. The first-order chi connectivity index (χ1) is 15.6. The minimum Gasteiger partial charge on any atom is -0.335 e. The summed E-state index contributed by atoms with van der Waals surface area (Å²) in [5.41, 5.74) is 0.412. The highest BCUT2D eigenvalue weighted by Crippen LogP contribution is 2.32. The first kappa shape index (κ1) is 22.6. The number of carbonyl (C=O) groups is 2. The Bertz CT molecular complexity index is 1250. The SMILES string of the molecule is Cc1nc2cc(F)cc(C(=O)N3CCN(C(=O)c4ccccc4C(F)(F)F)CC3)c2nc1C. The zero-order valence-corrected chi connectivity index (χ0v) is 17.9. The van der Waals surface area contributed by atoms with Gasteiger partial charge in [-0.15, -0.1) is 0 Å². The van der Waals surface area contributed by atoms with Gasteiger partial charge in [0, 0.05) is 32.2 Å². The molecule has 1 fully saturated rings. The molecule has 0 aliphatic carbocycles. The molecule has 2 heterocycles. The van der Waals surface area contributed by atoms with Crippen LogP contribution in [0.1, 0.15) is 37.7 Å². The molecule has 10 heteroatoms. The Labute approximate surface area is 186 Å². The number of aromatic nitrogens is 2. The van der Waals surface area contributed by atoms with E-state index in [1.807, 2.05) is 0 Å². The Morgan fingerprint density at radius 2 is 1.39 bits per heavy atom. The van der Waals surface area contributed by atoms with Gasteiger partial charge < -0.3 is 9.80 Å². The molecule has 0 unspecified atom stereocenters. The number of hydrogen-bond donors (Lipinski definition) is 0. The molecule has 3 aromatic rings. The molecule has 1 aliphatic rings. The van der Waals surface area contributed by atoms with Gasteiger partial charge in [-0.1, -0.05) is 12.1 Å². The summed E-state index contributed by atoms with van der Waals surface area (Å²) in [5.74, 6) is -1.84. The topological polar surface area (TPSA) is 66.4 Å². The van der Waals surface area contributed by atoms with Crippen molar-refractivity contribution in [3.05, 3.63) is 70.3 Å². The number of amides is 2. The molecule has 2 aromatic carbocycles. The first-order valence-corrected chi connectivity index (χ1v) is 10.3. The molecule has 0 radical (unpaired) electrons. The van der Waals surface area contributed by atoms with E-state index in [1.54, 1.807) is 13.8 Å². The van der Waals surface area contributed by atoms with Gasteiger partial charge in [-0.25, -0.2) is 14.4 Å². The second kappa shape index (κ2) is 8.42. The molecule has 33 heavy (non-hydrogen) atoms.